The van der Waals surface area contributed by atoms with Crippen molar-refractivity contribution in [3.63, 3.8) is 0 Å². The molecule has 1 N–H and O–H groups in total. The average Bonchev–Trinajstić information content (AvgIpc) is 2.94. The first-order valence-corrected chi connectivity index (χ1v) is 9.16. The fourth-order valence-electron chi connectivity index (χ4n) is 3.37. The molecule has 2 atom stereocenters. The van der Waals surface area contributed by atoms with Crippen molar-refractivity contribution >= 4 is 9.84 Å². The minimum atomic E-state index is -4.16. The molecule has 24 heavy (non-hydrogen) atoms. The van der Waals surface area contributed by atoms with Gasteiger partial charge in [0.2, 0.25) is 9.84 Å². The van der Waals surface area contributed by atoms with E-state index in [9.17, 15) is 17.2 Å². The molecule has 0 amide bonds. The van der Waals surface area contributed by atoms with E-state index in [0.717, 1.165) is 30.7 Å². The van der Waals surface area contributed by atoms with Crippen molar-refractivity contribution in [3.8, 4) is 5.75 Å². The predicted octanol–water partition coefficient (Wildman–Crippen LogP) is 2.64. The number of rotatable bonds is 2. The molecule has 1 fully saturated rings. The molecule has 2 aliphatic rings. The summed E-state index contributed by atoms with van der Waals surface area (Å²) in [6, 6.07) is 6.96. The number of piperidine rings is 1. The number of sulfone groups is 1. The first kappa shape index (κ1) is 15.5. The fourth-order valence-corrected chi connectivity index (χ4v) is 4.73. The number of nitrogens with one attached hydrogen (secondary N) is 1. The van der Waals surface area contributed by atoms with Gasteiger partial charge in [0.1, 0.15) is 28.4 Å². The second-order valence-electron chi connectivity index (χ2n) is 6.03. The summed E-state index contributed by atoms with van der Waals surface area (Å²) in [5.74, 6) is -1.03. The van der Waals surface area contributed by atoms with Crippen molar-refractivity contribution in [3.05, 3.63) is 53.6 Å². The summed E-state index contributed by atoms with van der Waals surface area (Å²) in [5.41, 5.74) is 0.972. The zero-order valence-electron chi connectivity index (χ0n) is 12.6. The molecule has 126 valence electrons. The van der Waals surface area contributed by atoms with Gasteiger partial charge in [0.05, 0.1) is 4.90 Å². The predicted molar refractivity (Wildman–Crippen MR) is 82.9 cm³/mol. The van der Waals surface area contributed by atoms with Crippen molar-refractivity contribution in [2.75, 3.05) is 13.1 Å². The van der Waals surface area contributed by atoms with E-state index in [-0.39, 0.29) is 16.9 Å². The van der Waals surface area contributed by atoms with Crippen molar-refractivity contribution < 1.29 is 21.9 Å². The van der Waals surface area contributed by atoms with Crippen molar-refractivity contribution in [1.82, 2.24) is 5.32 Å². The maximum atomic E-state index is 13.9. The topological polar surface area (TPSA) is 55.4 Å². The quantitative estimate of drug-likeness (QED) is 0.904. The number of hydrogen-bond donors (Lipinski definition) is 1. The van der Waals surface area contributed by atoms with Crippen LogP contribution in [0.25, 0.3) is 0 Å². The fraction of sp³-hybridized carbons (Fsp3) is 0.294. The molecule has 2 heterocycles. The minimum absolute atomic E-state index is 0.0161. The summed E-state index contributed by atoms with van der Waals surface area (Å²) >= 11 is 0. The van der Waals surface area contributed by atoms with Crippen LogP contribution in [-0.4, -0.2) is 27.6 Å². The maximum absolute atomic E-state index is 13.9. The summed E-state index contributed by atoms with van der Waals surface area (Å²) in [4.78, 5) is -0.767. The molecule has 2 aliphatic heterocycles. The normalized spacial score (nSPS) is 22.6. The highest BCUT2D eigenvalue weighted by Gasteiger charge is 2.37. The molecule has 0 bridgehead atoms. The largest absolute Gasteiger partial charge is 0.488 e. The van der Waals surface area contributed by atoms with E-state index in [0.29, 0.717) is 18.4 Å². The average molecular weight is 351 g/mol. The van der Waals surface area contributed by atoms with Crippen LogP contribution in [0.2, 0.25) is 0 Å². The van der Waals surface area contributed by atoms with Crippen LogP contribution in [0, 0.1) is 11.6 Å². The number of benzene rings is 2. The zero-order valence-corrected chi connectivity index (χ0v) is 13.4. The van der Waals surface area contributed by atoms with Crippen LogP contribution in [-0.2, 0) is 9.84 Å². The van der Waals surface area contributed by atoms with E-state index < -0.39 is 26.4 Å². The Balaban J connectivity index is 1.77. The summed E-state index contributed by atoms with van der Waals surface area (Å²) in [5, 5.41) is 3.24. The van der Waals surface area contributed by atoms with Crippen LogP contribution in [0.15, 0.2) is 46.2 Å². The third-order valence-electron chi connectivity index (χ3n) is 4.58. The third-order valence-corrected chi connectivity index (χ3v) is 6.35. The molecule has 4 nitrogen and oxygen atoms in total. The number of hydrogen-bond acceptors (Lipinski definition) is 4. The maximum Gasteiger partial charge on any atom is 0.209 e. The van der Waals surface area contributed by atoms with Gasteiger partial charge in [-0.05, 0) is 43.3 Å². The summed E-state index contributed by atoms with van der Waals surface area (Å²) < 4.78 is 58.4. The second-order valence-corrected chi connectivity index (χ2v) is 7.95. The van der Waals surface area contributed by atoms with Gasteiger partial charge < -0.3 is 10.1 Å². The lowest BCUT2D eigenvalue weighted by Crippen LogP contribution is -2.39. The Morgan fingerprint density at radius 3 is 2.79 bits per heavy atom. The minimum Gasteiger partial charge on any atom is -0.488 e. The zero-order chi connectivity index (χ0) is 16.9. The molecule has 2 aromatic carbocycles. The molecule has 0 aromatic heterocycles. The molecular weight excluding hydrogens is 336 g/mol. The van der Waals surface area contributed by atoms with Crippen molar-refractivity contribution in [1.29, 1.82) is 0 Å². The Morgan fingerprint density at radius 2 is 1.96 bits per heavy atom. The lowest BCUT2D eigenvalue weighted by molar-refractivity contribution is 0.176. The van der Waals surface area contributed by atoms with Crippen LogP contribution >= 0.6 is 0 Å². The molecule has 0 saturated carbocycles. The molecule has 0 spiro atoms. The Bertz CT molecular complexity index is 914. The van der Waals surface area contributed by atoms with E-state index in [1.54, 1.807) is 6.07 Å². The summed E-state index contributed by atoms with van der Waals surface area (Å²) in [6.07, 6.45) is 0.903. The van der Waals surface area contributed by atoms with Gasteiger partial charge in [-0.15, -0.1) is 0 Å². The van der Waals surface area contributed by atoms with Gasteiger partial charge in [-0.3, -0.25) is 0 Å². The van der Waals surface area contributed by atoms with Gasteiger partial charge in [-0.25, -0.2) is 17.2 Å². The third kappa shape index (κ3) is 2.39. The Labute approximate surface area is 138 Å². The molecular formula is C17H15F2NO3S. The second kappa shape index (κ2) is 5.53. The molecule has 1 saturated heterocycles. The monoisotopic (exact) mass is 351 g/mol. The highest BCUT2D eigenvalue weighted by Crippen LogP contribution is 2.42. The van der Waals surface area contributed by atoms with Crippen LogP contribution < -0.4 is 10.1 Å². The van der Waals surface area contributed by atoms with Gasteiger partial charge in [0.15, 0.2) is 0 Å². The van der Waals surface area contributed by atoms with Crippen LogP contribution in [0.4, 0.5) is 8.78 Å². The molecule has 2 aromatic rings. The van der Waals surface area contributed by atoms with E-state index in [4.69, 9.17) is 4.74 Å². The first-order chi connectivity index (χ1) is 11.5. The summed E-state index contributed by atoms with van der Waals surface area (Å²) in [6.45, 7) is 1.60. The highest BCUT2D eigenvalue weighted by molar-refractivity contribution is 7.91. The van der Waals surface area contributed by atoms with E-state index in [1.807, 2.05) is 0 Å². The van der Waals surface area contributed by atoms with E-state index in [1.165, 1.54) is 12.1 Å². The number of fused-ring (bicyclic) bond motifs is 3. The Kier molecular flexibility index (Phi) is 3.58. The van der Waals surface area contributed by atoms with E-state index >= 15 is 0 Å². The van der Waals surface area contributed by atoms with Gasteiger partial charge in [0, 0.05) is 18.0 Å². The first-order valence-electron chi connectivity index (χ1n) is 7.68. The van der Waals surface area contributed by atoms with Crippen molar-refractivity contribution in [2.45, 2.75) is 28.2 Å². The van der Waals surface area contributed by atoms with Crippen molar-refractivity contribution in [2.24, 2.45) is 0 Å². The van der Waals surface area contributed by atoms with E-state index in [2.05, 4.69) is 5.32 Å². The number of halogens is 2. The smallest absolute Gasteiger partial charge is 0.209 e. The lowest BCUT2D eigenvalue weighted by atomic mass is 9.90. The van der Waals surface area contributed by atoms with Crippen LogP contribution in [0.3, 0.4) is 0 Å². The molecule has 0 aliphatic carbocycles. The Morgan fingerprint density at radius 1 is 1.12 bits per heavy atom. The van der Waals surface area contributed by atoms with Crippen LogP contribution in [0.5, 0.6) is 5.75 Å². The number of ether oxygens (including phenoxy) is 1. The summed E-state index contributed by atoms with van der Waals surface area (Å²) in [7, 11) is -4.16. The SMILES string of the molecule is O=S(=O)(c1ccc2c(c1)OC1CNCCC21)c1cc(F)ccc1F. The van der Waals surface area contributed by atoms with Gasteiger partial charge in [-0.2, -0.15) is 0 Å². The van der Waals surface area contributed by atoms with Crippen LogP contribution in [0.1, 0.15) is 17.9 Å². The van der Waals surface area contributed by atoms with Gasteiger partial charge in [-0.1, -0.05) is 6.07 Å². The lowest BCUT2D eigenvalue weighted by Gasteiger charge is -2.24. The molecule has 0 radical (unpaired) electrons. The molecule has 2 unspecified atom stereocenters. The highest BCUT2D eigenvalue weighted by atomic mass is 32.2. The molecule has 7 heteroatoms. The van der Waals surface area contributed by atoms with Gasteiger partial charge >= 0.3 is 0 Å². The van der Waals surface area contributed by atoms with Gasteiger partial charge in [0.25, 0.3) is 0 Å². The standard InChI is InChI=1S/C17H15F2NO3S/c18-10-1-4-14(19)17(7-10)24(21,22)11-2-3-12-13-5-6-20-9-16(13)23-15(12)8-11/h1-4,7-8,13,16,20H,5-6,9H2. The molecule has 4 rings (SSSR count). The Hall–Kier alpha value is -1.99.